The number of nitrogens with zero attached hydrogens (tertiary/aromatic N) is 1. The van der Waals surface area contributed by atoms with E-state index in [0.29, 0.717) is 5.56 Å². The summed E-state index contributed by atoms with van der Waals surface area (Å²) in [5.41, 5.74) is 1.74. The average molecular weight is 326 g/mol. The summed E-state index contributed by atoms with van der Waals surface area (Å²) in [6.45, 7) is 0. The van der Waals surface area contributed by atoms with Crippen LogP contribution in [-0.4, -0.2) is 24.3 Å². The molecule has 0 radical (unpaired) electrons. The molecule has 9 heteroatoms. The largest absolute Gasteiger partial charge is 0.473 e. The molecule has 1 aromatic carbocycles. The highest BCUT2D eigenvalue weighted by atomic mass is 19.4. The number of hydrogen-bond donors (Lipinski definition) is 1. The predicted octanol–water partition coefficient (Wildman–Crippen LogP) is 2.51. The lowest BCUT2D eigenvalue weighted by atomic mass is 10.2. The van der Waals surface area contributed by atoms with Crippen LogP contribution < -0.4 is 10.2 Å². The summed E-state index contributed by atoms with van der Waals surface area (Å²) in [6.07, 6.45) is -2.66. The molecule has 2 rings (SSSR count). The number of halogens is 3. The molecule has 0 bridgehead atoms. The molecule has 1 heterocycles. The maximum Gasteiger partial charge on any atom is 0.473 e. The maximum absolute atomic E-state index is 11.9. The van der Waals surface area contributed by atoms with Gasteiger partial charge in [0.2, 0.25) is 5.76 Å². The van der Waals surface area contributed by atoms with Crippen molar-refractivity contribution < 1.29 is 31.9 Å². The first-order valence-electron chi connectivity index (χ1n) is 6.12. The van der Waals surface area contributed by atoms with Gasteiger partial charge in [-0.25, -0.2) is 10.2 Å². The highest BCUT2D eigenvalue weighted by molar-refractivity contribution is 5.88. The van der Waals surface area contributed by atoms with Crippen molar-refractivity contribution in [2.45, 2.75) is 6.18 Å². The summed E-state index contributed by atoms with van der Waals surface area (Å²) >= 11 is 0. The molecule has 0 saturated heterocycles. The zero-order valence-corrected chi connectivity index (χ0v) is 11.3. The van der Waals surface area contributed by atoms with Crippen LogP contribution in [0.1, 0.15) is 16.1 Å². The van der Waals surface area contributed by atoms with E-state index in [4.69, 9.17) is 9.15 Å². The molecule has 0 aliphatic carbocycles. The van der Waals surface area contributed by atoms with Crippen LogP contribution in [-0.2, 0) is 4.79 Å². The molecule has 0 atom stereocenters. The molecule has 1 amide bonds. The first-order chi connectivity index (χ1) is 10.9. The molecule has 6 nitrogen and oxygen atoms in total. The number of carbonyl (C=O) groups is 2. The van der Waals surface area contributed by atoms with Gasteiger partial charge in [0.05, 0.1) is 12.5 Å². The van der Waals surface area contributed by atoms with E-state index in [1.807, 2.05) is 0 Å². The van der Waals surface area contributed by atoms with Gasteiger partial charge < -0.3 is 9.15 Å². The van der Waals surface area contributed by atoms with Crippen LogP contribution in [0, 0.1) is 0 Å². The summed E-state index contributed by atoms with van der Waals surface area (Å²) in [6, 6.07) is 8.67. The minimum Gasteiger partial charge on any atom is -0.457 e. The number of esters is 1. The SMILES string of the molecule is O=C(Oc1ccc(C=NNC(=O)C(F)(F)F)cc1)c1ccco1. The van der Waals surface area contributed by atoms with Crippen molar-refractivity contribution in [2.75, 3.05) is 0 Å². The van der Waals surface area contributed by atoms with Gasteiger partial charge in [-0.3, -0.25) is 4.79 Å². The van der Waals surface area contributed by atoms with E-state index in [9.17, 15) is 22.8 Å². The number of carbonyl (C=O) groups excluding carboxylic acids is 2. The average Bonchev–Trinajstić information content (AvgIpc) is 3.02. The van der Waals surface area contributed by atoms with Crippen molar-refractivity contribution in [2.24, 2.45) is 5.10 Å². The van der Waals surface area contributed by atoms with E-state index in [2.05, 4.69) is 5.10 Å². The number of nitrogens with one attached hydrogen (secondary N) is 1. The zero-order chi connectivity index (χ0) is 16.9. The number of amides is 1. The fourth-order valence-corrected chi connectivity index (χ4v) is 1.40. The lowest BCUT2D eigenvalue weighted by Gasteiger charge is -2.03. The van der Waals surface area contributed by atoms with Gasteiger partial charge in [-0.1, -0.05) is 0 Å². The van der Waals surface area contributed by atoms with Gasteiger partial charge in [-0.2, -0.15) is 18.3 Å². The van der Waals surface area contributed by atoms with Gasteiger partial charge in [0.15, 0.2) is 0 Å². The van der Waals surface area contributed by atoms with Crippen LogP contribution in [0.4, 0.5) is 13.2 Å². The van der Waals surface area contributed by atoms with E-state index in [0.717, 1.165) is 6.21 Å². The van der Waals surface area contributed by atoms with Crippen molar-refractivity contribution >= 4 is 18.1 Å². The number of ether oxygens (including phenoxy) is 1. The molecule has 0 aliphatic rings. The number of alkyl halides is 3. The molecular formula is C14H9F3N2O4. The number of hydrazone groups is 1. The van der Waals surface area contributed by atoms with Gasteiger partial charge in [0, 0.05) is 0 Å². The van der Waals surface area contributed by atoms with E-state index in [-0.39, 0.29) is 11.5 Å². The summed E-state index contributed by atoms with van der Waals surface area (Å²) in [4.78, 5) is 22.1. The van der Waals surface area contributed by atoms with Crippen molar-refractivity contribution in [3.63, 3.8) is 0 Å². The summed E-state index contributed by atoms with van der Waals surface area (Å²) in [7, 11) is 0. The second kappa shape index (κ2) is 6.77. The van der Waals surface area contributed by atoms with Crippen molar-refractivity contribution in [1.29, 1.82) is 0 Å². The van der Waals surface area contributed by atoms with Gasteiger partial charge >= 0.3 is 18.1 Å². The lowest BCUT2D eigenvalue weighted by Crippen LogP contribution is -2.33. The van der Waals surface area contributed by atoms with Gasteiger partial charge in [-0.15, -0.1) is 0 Å². The first-order valence-corrected chi connectivity index (χ1v) is 6.12. The second-order valence-corrected chi connectivity index (χ2v) is 4.13. The number of benzene rings is 1. The standard InChI is InChI=1S/C14H9F3N2O4/c15-14(16,17)13(21)19-18-8-9-3-5-10(6-4-9)23-12(20)11-2-1-7-22-11/h1-8H,(H,19,21). The van der Waals surface area contributed by atoms with Crippen molar-refractivity contribution in [3.8, 4) is 5.75 Å². The zero-order valence-electron chi connectivity index (χ0n) is 11.3. The van der Waals surface area contributed by atoms with Gasteiger partial charge in [0.25, 0.3) is 0 Å². The Balaban J connectivity index is 1.92. The molecule has 0 unspecified atom stereocenters. The third-order valence-electron chi connectivity index (χ3n) is 2.45. The first kappa shape index (κ1) is 16.3. The monoisotopic (exact) mass is 326 g/mol. The molecule has 2 aromatic rings. The van der Waals surface area contributed by atoms with Crippen molar-refractivity contribution in [1.82, 2.24) is 5.43 Å². The fourth-order valence-electron chi connectivity index (χ4n) is 1.40. The maximum atomic E-state index is 11.9. The molecule has 0 aliphatic heterocycles. The number of furan rings is 1. The van der Waals surface area contributed by atoms with Gasteiger partial charge in [-0.05, 0) is 42.0 Å². The number of rotatable bonds is 4. The Labute approximate surface area is 127 Å². The molecule has 0 fully saturated rings. The fraction of sp³-hybridized carbons (Fsp3) is 0.0714. The minimum atomic E-state index is -5.00. The smallest absolute Gasteiger partial charge is 0.457 e. The highest BCUT2D eigenvalue weighted by Gasteiger charge is 2.38. The molecule has 23 heavy (non-hydrogen) atoms. The van der Waals surface area contributed by atoms with E-state index < -0.39 is 18.1 Å². The third kappa shape index (κ3) is 4.70. The van der Waals surface area contributed by atoms with E-state index >= 15 is 0 Å². The van der Waals surface area contributed by atoms with Crippen LogP contribution in [0.3, 0.4) is 0 Å². The van der Waals surface area contributed by atoms with Crippen LogP contribution in [0.25, 0.3) is 0 Å². The minimum absolute atomic E-state index is 0.0329. The molecule has 1 N–H and O–H groups in total. The molecule has 1 aromatic heterocycles. The summed E-state index contributed by atoms with van der Waals surface area (Å²) in [5, 5.41) is 3.17. The Morgan fingerprint density at radius 3 is 2.43 bits per heavy atom. The quantitative estimate of drug-likeness (QED) is 0.405. The van der Waals surface area contributed by atoms with Crippen molar-refractivity contribution in [3.05, 3.63) is 54.0 Å². The van der Waals surface area contributed by atoms with E-state index in [1.165, 1.54) is 48.1 Å². The molecule has 120 valence electrons. The molecule has 0 saturated carbocycles. The Hall–Kier alpha value is -3.10. The highest BCUT2D eigenvalue weighted by Crippen LogP contribution is 2.15. The normalized spacial score (nSPS) is 11.4. The predicted molar refractivity (Wildman–Crippen MR) is 71.9 cm³/mol. The topological polar surface area (TPSA) is 80.9 Å². The Morgan fingerprint density at radius 1 is 1.17 bits per heavy atom. The third-order valence-corrected chi connectivity index (χ3v) is 2.45. The van der Waals surface area contributed by atoms with E-state index in [1.54, 1.807) is 0 Å². The van der Waals surface area contributed by atoms with Crippen LogP contribution in [0.5, 0.6) is 5.75 Å². The Morgan fingerprint density at radius 2 is 1.87 bits per heavy atom. The van der Waals surface area contributed by atoms with Crippen LogP contribution >= 0.6 is 0 Å². The van der Waals surface area contributed by atoms with Crippen LogP contribution in [0.15, 0.2) is 52.2 Å². The summed E-state index contributed by atoms with van der Waals surface area (Å²) in [5.74, 6) is -2.61. The summed E-state index contributed by atoms with van der Waals surface area (Å²) < 4.78 is 45.6. The van der Waals surface area contributed by atoms with Gasteiger partial charge in [0.1, 0.15) is 5.75 Å². The second-order valence-electron chi connectivity index (χ2n) is 4.13. The molecule has 0 spiro atoms. The lowest BCUT2D eigenvalue weighted by molar-refractivity contribution is -0.173. The molecular weight excluding hydrogens is 317 g/mol. The Kier molecular flexibility index (Phi) is 4.79. The Bertz CT molecular complexity index is 707. The number of hydrogen-bond acceptors (Lipinski definition) is 5. The van der Waals surface area contributed by atoms with Crippen LogP contribution in [0.2, 0.25) is 0 Å².